The number of piperazine rings is 1. The number of hydrogen-bond donors (Lipinski definition) is 2. The average molecular weight is 434 g/mol. The highest BCUT2D eigenvalue weighted by Gasteiger charge is 2.23. The van der Waals surface area contributed by atoms with Gasteiger partial charge in [-0.25, -0.2) is 4.79 Å². The van der Waals surface area contributed by atoms with Gasteiger partial charge >= 0.3 is 6.09 Å². The van der Waals surface area contributed by atoms with Crippen molar-refractivity contribution in [2.75, 3.05) is 44.2 Å². The number of para-hydroxylation sites is 1. The van der Waals surface area contributed by atoms with Crippen LogP contribution in [0.25, 0.3) is 0 Å². The molecule has 1 aliphatic heterocycles. The van der Waals surface area contributed by atoms with Gasteiger partial charge in [0.2, 0.25) is 0 Å². The number of benzene rings is 2. The van der Waals surface area contributed by atoms with Crippen molar-refractivity contribution in [2.24, 2.45) is 0 Å². The summed E-state index contributed by atoms with van der Waals surface area (Å²) in [6.45, 7) is 3.24. The van der Waals surface area contributed by atoms with Crippen LogP contribution in [0.4, 0.5) is 16.2 Å². The third-order valence-corrected chi connectivity index (χ3v) is 5.24. The van der Waals surface area contributed by atoms with Crippen LogP contribution in [0.1, 0.15) is 0 Å². The molecule has 1 fully saturated rings. The van der Waals surface area contributed by atoms with Gasteiger partial charge in [-0.15, -0.1) is 0 Å². The van der Waals surface area contributed by atoms with Gasteiger partial charge in [-0.2, -0.15) is 0 Å². The highest BCUT2D eigenvalue weighted by Crippen LogP contribution is 2.27. The van der Waals surface area contributed by atoms with E-state index in [1.807, 2.05) is 54.6 Å². The van der Waals surface area contributed by atoms with E-state index in [-0.39, 0.29) is 0 Å². The van der Waals surface area contributed by atoms with E-state index < -0.39 is 12.2 Å². The van der Waals surface area contributed by atoms with Crippen molar-refractivity contribution in [2.45, 2.75) is 6.10 Å². The number of carboxylic acid groups (broad SMARTS) is 1. The van der Waals surface area contributed by atoms with Crippen LogP contribution < -0.4 is 4.90 Å². The van der Waals surface area contributed by atoms with Crippen LogP contribution in [0, 0.1) is 0 Å². The summed E-state index contributed by atoms with van der Waals surface area (Å²) in [5, 5.41) is 19.7. The van der Waals surface area contributed by atoms with Crippen molar-refractivity contribution in [3.8, 4) is 0 Å². The Morgan fingerprint density at radius 2 is 1.59 bits per heavy atom. The molecule has 1 heterocycles. The van der Waals surface area contributed by atoms with Gasteiger partial charge in [-0.1, -0.05) is 34.1 Å². The number of rotatable bonds is 6. The van der Waals surface area contributed by atoms with Gasteiger partial charge < -0.3 is 20.0 Å². The molecule has 1 atom stereocenters. The summed E-state index contributed by atoms with van der Waals surface area (Å²) >= 11 is 3.46. The van der Waals surface area contributed by atoms with Crippen molar-refractivity contribution in [1.82, 2.24) is 9.80 Å². The SMILES string of the molecule is O=C(O)N1CCN(CC(O)CN(c2ccccc2)c2ccc(Br)cc2)CC1. The molecule has 1 amide bonds. The lowest BCUT2D eigenvalue weighted by atomic mass is 10.2. The quantitative estimate of drug-likeness (QED) is 0.731. The zero-order valence-electron chi connectivity index (χ0n) is 15.0. The number of aliphatic hydroxyl groups is 1. The van der Waals surface area contributed by atoms with Crippen molar-refractivity contribution in [3.63, 3.8) is 0 Å². The maximum Gasteiger partial charge on any atom is 0.407 e. The van der Waals surface area contributed by atoms with Crippen molar-refractivity contribution >= 4 is 33.4 Å². The minimum atomic E-state index is -0.874. The Labute approximate surface area is 167 Å². The van der Waals surface area contributed by atoms with Crippen LogP contribution in [0.15, 0.2) is 59.1 Å². The minimum Gasteiger partial charge on any atom is -0.465 e. The van der Waals surface area contributed by atoms with Crippen molar-refractivity contribution in [1.29, 1.82) is 0 Å². The van der Waals surface area contributed by atoms with E-state index in [1.165, 1.54) is 4.90 Å². The number of β-amino-alcohol motifs (C(OH)–C–C–N with tert-alkyl or cyclic N) is 1. The van der Waals surface area contributed by atoms with Crippen molar-refractivity contribution in [3.05, 3.63) is 59.1 Å². The third-order valence-electron chi connectivity index (χ3n) is 4.71. The number of amides is 1. The fraction of sp³-hybridized carbons (Fsp3) is 0.350. The fourth-order valence-electron chi connectivity index (χ4n) is 3.28. The van der Waals surface area contributed by atoms with E-state index >= 15 is 0 Å². The summed E-state index contributed by atoms with van der Waals surface area (Å²) in [4.78, 5) is 16.7. The Morgan fingerprint density at radius 3 is 2.19 bits per heavy atom. The first-order valence-corrected chi connectivity index (χ1v) is 9.78. The molecule has 27 heavy (non-hydrogen) atoms. The maximum atomic E-state index is 11.0. The first kappa shape index (κ1) is 19.7. The predicted octanol–water partition coefficient (Wildman–Crippen LogP) is 3.24. The molecule has 7 heteroatoms. The molecule has 6 nitrogen and oxygen atoms in total. The molecule has 2 aromatic rings. The second-order valence-corrected chi connectivity index (χ2v) is 7.56. The molecular weight excluding hydrogens is 410 g/mol. The third kappa shape index (κ3) is 5.45. The fourth-order valence-corrected chi connectivity index (χ4v) is 3.54. The van der Waals surface area contributed by atoms with E-state index in [0.29, 0.717) is 39.3 Å². The van der Waals surface area contributed by atoms with Crippen molar-refractivity contribution < 1.29 is 15.0 Å². The molecule has 0 aliphatic carbocycles. The molecule has 2 N–H and O–H groups in total. The zero-order chi connectivity index (χ0) is 19.2. The highest BCUT2D eigenvalue weighted by atomic mass is 79.9. The van der Waals surface area contributed by atoms with Gasteiger partial charge in [0, 0.05) is 48.6 Å². The number of anilines is 2. The second kappa shape index (κ2) is 9.21. The molecule has 0 spiro atoms. The summed E-state index contributed by atoms with van der Waals surface area (Å²) in [6.07, 6.45) is -1.43. The lowest BCUT2D eigenvalue weighted by molar-refractivity contribution is 0.0728. The zero-order valence-corrected chi connectivity index (χ0v) is 16.6. The van der Waals surface area contributed by atoms with E-state index in [4.69, 9.17) is 5.11 Å². The summed E-state index contributed by atoms with van der Waals surface area (Å²) in [7, 11) is 0. The molecule has 0 radical (unpaired) electrons. The van der Waals surface area contributed by atoms with Gasteiger partial charge in [-0.05, 0) is 36.4 Å². The number of hydrogen-bond acceptors (Lipinski definition) is 4. The summed E-state index contributed by atoms with van der Waals surface area (Å²) < 4.78 is 1.01. The first-order valence-electron chi connectivity index (χ1n) is 8.99. The smallest absolute Gasteiger partial charge is 0.407 e. The van der Waals surface area contributed by atoms with Crippen LogP contribution in [-0.2, 0) is 0 Å². The summed E-state index contributed by atoms with van der Waals surface area (Å²) in [6, 6.07) is 18.0. The monoisotopic (exact) mass is 433 g/mol. The lowest BCUT2D eigenvalue weighted by Crippen LogP contribution is -2.51. The van der Waals surface area contributed by atoms with Crippen LogP contribution in [0.3, 0.4) is 0 Å². The molecule has 2 aromatic carbocycles. The van der Waals surface area contributed by atoms with Gasteiger partial charge in [0.15, 0.2) is 0 Å². The Balaban J connectivity index is 1.65. The highest BCUT2D eigenvalue weighted by molar-refractivity contribution is 9.10. The standard InChI is InChI=1S/C20H24BrN3O3/c21-16-6-8-18(9-7-16)24(17-4-2-1-3-5-17)15-19(25)14-22-10-12-23(13-11-22)20(26)27/h1-9,19,25H,10-15H2,(H,26,27). The van der Waals surface area contributed by atoms with Crippen LogP contribution in [0.5, 0.6) is 0 Å². The second-order valence-electron chi connectivity index (χ2n) is 6.65. The molecule has 1 saturated heterocycles. The minimum absolute atomic E-state index is 0.463. The number of aliphatic hydroxyl groups excluding tert-OH is 1. The number of halogens is 1. The van der Waals surface area contributed by atoms with Gasteiger partial charge in [0.1, 0.15) is 0 Å². The van der Waals surface area contributed by atoms with Gasteiger partial charge in [0.05, 0.1) is 12.6 Å². The molecule has 144 valence electrons. The predicted molar refractivity (Wildman–Crippen MR) is 110 cm³/mol. The molecule has 0 bridgehead atoms. The van der Waals surface area contributed by atoms with Gasteiger partial charge in [-0.3, -0.25) is 4.90 Å². The Kier molecular flexibility index (Phi) is 6.71. The van der Waals surface area contributed by atoms with Crippen LogP contribution in [-0.4, -0.2) is 71.5 Å². The first-order chi connectivity index (χ1) is 13.0. The van der Waals surface area contributed by atoms with Gasteiger partial charge in [0.25, 0.3) is 0 Å². The summed E-state index contributed by atoms with van der Waals surface area (Å²) in [5.74, 6) is 0. The maximum absolute atomic E-state index is 11.0. The topological polar surface area (TPSA) is 67.2 Å². The lowest BCUT2D eigenvalue weighted by Gasteiger charge is -2.35. The van der Waals surface area contributed by atoms with E-state index in [1.54, 1.807) is 0 Å². The molecule has 0 aromatic heterocycles. The Bertz CT molecular complexity index is 734. The molecule has 3 rings (SSSR count). The molecule has 1 aliphatic rings. The van der Waals surface area contributed by atoms with E-state index in [0.717, 1.165) is 15.8 Å². The summed E-state index contributed by atoms with van der Waals surface area (Å²) in [5.41, 5.74) is 2.04. The van der Waals surface area contributed by atoms with Crippen LogP contribution in [0.2, 0.25) is 0 Å². The Morgan fingerprint density at radius 1 is 1.00 bits per heavy atom. The molecule has 1 unspecified atom stereocenters. The molecular formula is C20H24BrN3O3. The average Bonchev–Trinajstić information content (AvgIpc) is 2.68. The number of carbonyl (C=O) groups is 1. The Hall–Kier alpha value is -2.09. The number of nitrogens with zero attached hydrogens (tertiary/aromatic N) is 3. The molecule has 0 saturated carbocycles. The van der Waals surface area contributed by atoms with E-state index in [2.05, 4.69) is 25.7 Å². The van der Waals surface area contributed by atoms with E-state index in [9.17, 15) is 9.90 Å². The normalized spacial score (nSPS) is 16.1. The largest absolute Gasteiger partial charge is 0.465 e. The van der Waals surface area contributed by atoms with Crippen LogP contribution >= 0.6 is 15.9 Å².